The lowest BCUT2D eigenvalue weighted by Crippen LogP contribution is -2.40. The summed E-state index contributed by atoms with van der Waals surface area (Å²) < 4.78 is 38.3. The van der Waals surface area contributed by atoms with Crippen LogP contribution in [0.1, 0.15) is 6.42 Å². The van der Waals surface area contributed by atoms with Crippen LogP contribution in [0.2, 0.25) is 0 Å². The number of rotatable bonds is 7. The van der Waals surface area contributed by atoms with E-state index in [9.17, 15) is 18.4 Å². The van der Waals surface area contributed by atoms with Gasteiger partial charge in [0.25, 0.3) is 0 Å². The molecule has 144 valence electrons. The molecule has 1 amide bonds. The third kappa shape index (κ3) is 4.05. The van der Waals surface area contributed by atoms with Gasteiger partial charge >= 0.3 is 0 Å². The highest BCUT2D eigenvalue weighted by atomic mass is 32.2. The molecule has 0 aliphatic carbocycles. The van der Waals surface area contributed by atoms with E-state index in [0.29, 0.717) is 16.6 Å². The summed E-state index contributed by atoms with van der Waals surface area (Å²) in [6.07, 6.45) is -0.466. The highest BCUT2D eigenvalue weighted by Crippen LogP contribution is 2.30. The van der Waals surface area contributed by atoms with Gasteiger partial charge in [-0.05, 0) is 36.4 Å². The van der Waals surface area contributed by atoms with Crippen LogP contribution >= 0.6 is 0 Å². The molecule has 0 radical (unpaired) electrons. The minimum absolute atomic E-state index is 0.0706. The fourth-order valence-corrected chi connectivity index (χ4v) is 4.48. The number of sulfonamides is 1. The van der Waals surface area contributed by atoms with Crippen molar-refractivity contribution < 1.29 is 27.9 Å². The monoisotopic (exact) mass is 392 g/mol. The highest BCUT2D eigenvalue weighted by molar-refractivity contribution is 7.89. The molecular weight excluding hydrogens is 372 g/mol. The summed E-state index contributed by atoms with van der Waals surface area (Å²) in [5, 5.41) is 10.2. The standard InChI is InChI=1S/C18H20N2O6S/c1-25-15-7-9-17(10-8-15)27(23,24)20-12-14(19(22)13-21)11-18(20)26-16-5-3-2-4-6-16/h2-10,13-14,18,22H,11-12H2,1H3/t14-,18+/m0/s1. The summed E-state index contributed by atoms with van der Waals surface area (Å²) in [6, 6.07) is 14.1. The Hall–Kier alpha value is -2.62. The van der Waals surface area contributed by atoms with E-state index in [-0.39, 0.29) is 24.3 Å². The predicted molar refractivity (Wildman–Crippen MR) is 95.8 cm³/mol. The van der Waals surface area contributed by atoms with Gasteiger partial charge < -0.3 is 9.47 Å². The number of ether oxygens (including phenoxy) is 2. The predicted octanol–water partition coefficient (Wildman–Crippen LogP) is 1.71. The molecule has 0 aromatic heterocycles. The van der Waals surface area contributed by atoms with Crippen molar-refractivity contribution in [2.24, 2.45) is 0 Å². The van der Waals surface area contributed by atoms with Gasteiger partial charge in [0.15, 0.2) is 6.23 Å². The van der Waals surface area contributed by atoms with E-state index in [4.69, 9.17) is 9.47 Å². The van der Waals surface area contributed by atoms with Crippen molar-refractivity contribution in [1.82, 2.24) is 9.37 Å². The number of hydrogen-bond donors (Lipinski definition) is 1. The van der Waals surface area contributed by atoms with Crippen LogP contribution in [-0.4, -0.2) is 55.3 Å². The molecule has 2 aromatic rings. The van der Waals surface area contributed by atoms with Crippen molar-refractivity contribution in [3.63, 3.8) is 0 Å². The maximum atomic E-state index is 13.1. The summed E-state index contributed by atoms with van der Waals surface area (Å²) >= 11 is 0. The molecule has 1 saturated heterocycles. The topological polar surface area (TPSA) is 96.4 Å². The van der Waals surface area contributed by atoms with E-state index < -0.39 is 22.3 Å². The zero-order valence-electron chi connectivity index (χ0n) is 14.6. The molecule has 1 fully saturated rings. The van der Waals surface area contributed by atoms with E-state index in [1.807, 2.05) is 6.07 Å². The van der Waals surface area contributed by atoms with Crippen molar-refractivity contribution in [3.05, 3.63) is 54.6 Å². The van der Waals surface area contributed by atoms with Gasteiger partial charge in [-0.1, -0.05) is 18.2 Å². The van der Waals surface area contributed by atoms with E-state index in [2.05, 4.69) is 0 Å². The number of amides is 1. The zero-order chi connectivity index (χ0) is 19.4. The zero-order valence-corrected chi connectivity index (χ0v) is 15.5. The van der Waals surface area contributed by atoms with Crippen molar-refractivity contribution in [2.45, 2.75) is 23.6 Å². The van der Waals surface area contributed by atoms with Crippen LogP contribution in [0.3, 0.4) is 0 Å². The molecule has 1 N–H and O–H groups in total. The van der Waals surface area contributed by atoms with E-state index in [0.717, 1.165) is 4.31 Å². The molecule has 3 rings (SSSR count). The summed E-state index contributed by atoms with van der Waals surface area (Å²) in [5.41, 5.74) is 0. The lowest BCUT2D eigenvalue weighted by Gasteiger charge is -2.24. The number of para-hydroxylation sites is 1. The molecule has 9 heteroatoms. The number of carbonyl (C=O) groups is 1. The molecule has 1 heterocycles. The first-order chi connectivity index (χ1) is 13.0. The molecule has 0 unspecified atom stereocenters. The number of methoxy groups -OCH3 is 1. The van der Waals surface area contributed by atoms with Gasteiger partial charge in [0.05, 0.1) is 18.0 Å². The van der Waals surface area contributed by atoms with Crippen LogP contribution in [0.4, 0.5) is 0 Å². The summed E-state index contributed by atoms with van der Waals surface area (Å²) in [6.45, 7) is -0.0822. The summed E-state index contributed by atoms with van der Waals surface area (Å²) in [7, 11) is -2.41. The molecular formula is C18H20N2O6S. The van der Waals surface area contributed by atoms with Gasteiger partial charge in [0.2, 0.25) is 16.4 Å². The van der Waals surface area contributed by atoms with Crippen LogP contribution in [-0.2, 0) is 14.8 Å². The Morgan fingerprint density at radius 2 is 1.78 bits per heavy atom. The Morgan fingerprint density at radius 1 is 1.11 bits per heavy atom. The quantitative estimate of drug-likeness (QED) is 0.438. The number of benzene rings is 2. The average Bonchev–Trinajstić information content (AvgIpc) is 3.13. The molecule has 0 bridgehead atoms. The second-order valence-electron chi connectivity index (χ2n) is 6.01. The van der Waals surface area contributed by atoms with Crippen molar-refractivity contribution in [3.8, 4) is 11.5 Å². The second-order valence-corrected chi connectivity index (χ2v) is 7.90. The molecule has 8 nitrogen and oxygen atoms in total. The molecule has 2 aromatic carbocycles. The third-order valence-electron chi connectivity index (χ3n) is 4.35. The number of nitrogens with zero attached hydrogens (tertiary/aromatic N) is 2. The SMILES string of the molecule is COc1ccc(S(=O)(=O)N2C[C@@H](N(O)C=O)C[C@H]2Oc2ccccc2)cc1. The molecule has 0 spiro atoms. The molecule has 1 aliphatic rings. The van der Waals surface area contributed by atoms with Gasteiger partial charge in [-0.2, -0.15) is 4.31 Å². The lowest BCUT2D eigenvalue weighted by atomic mass is 10.2. The summed E-state index contributed by atoms with van der Waals surface area (Å²) in [5.74, 6) is 1.03. The van der Waals surface area contributed by atoms with Crippen LogP contribution in [0.25, 0.3) is 0 Å². The van der Waals surface area contributed by atoms with Crippen molar-refractivity contribution >= 4 is 16.4 Å². The first-order valence-corrected chi connectivity index (χ1v) is 9.70. The Labute approximate surface area is 157 Å². The number of hydrogen-bond acceptors (Lipinski definition) is 6. The Kier molecular flexibility index (Phi) is 5.64. The normalized spacial score (nSPS) is 20.2. The smallest absolute Gasteiger partial charge is 0.246 e. The van der Waals surface area contributed by atoms with Crippen LogP contribution < -0.4 is 9.47 Å². The minimum atomic E-state index is -3.91. The summed E-state index contributed by atoms with van der Waals surface area (Å²) in [4.78, 5) is 11.0. The molecule has 2 atom stereocenters. The average molecular weight is 392 g/mol. The highest BCUT2D eigenvalue weighted by Gasteiger charge is 2.43. The van der Waals surface area contributed by atoms with Gasteiger partial charge in [-0.3, -0.25) is 10.0 Å². The Balaban J connectivity index is 1.91. The molecule has 1 aliphatic heterocycles. The van der Waals surface area contributed by atoms with Crippen LogP contribution in [0.5, 0.6) is 11.5 Å². The van der Waals surface area contributed by atoms with Gasteiger partial charge in [0, 0.05) is 13.0 Å². The Morgan fingerprint density at radius 3 is 2.37 bits per heavy atom. The number of hydroxylamine groups is 2. The second kappa shape index (κ2) is 7.95. The molecule has 27 heavy (non-hydrogen) atoms. The van der Waals surface area contributed by atoms with Crippen LogP contribution in [0.15, 0.2) is 59.5 Å². The Bertz CT molecular complexity index is 872. The van der Waals surface area contributed by atoms with Crippen molar-refractivity contribution in [2.75, 3.05) is 13.7 Å². The third-order valence-corrected chi connectivity index (χ3v) is 6.22. The fraction of sp³-hybridized carbons (Fsp3) is 0.278. The first-order valence-electron chi connectivity index (χ1n) is 8.26. The van der Waals surface area contributed by atoms with E-state index >= 15 is 0 Å². The van der Waals surface area contributed by atoms with Gasteiger partial charge in [-0.15, -0.1) is 0 Å². The first kappa shape index (κ1) is 19.2. The van der Waals surface area contributed by atoms with Crippen LogP contribution in [0, 0.1) is 0 Å². The van der Waals surface area contributed by atoms with E-state index in [1.165, 1.54) is 19.2 Å². The minimum Gasteiger partial charge on any atom is -0.497 e. The lowest BCUT2D eigenvalue weighted by molar-refractivity contribution is -0.158. The van der Waals surface area contributed by atoms with Crippen molar-refractivity contribution in [1.29, 1.82) is 0 Å². The maximum Gasteiger partial charge on any atom is 0.246 e. The molecule has 0 saturated carbocycles. The number of carbonyl (C=O) groups excluding carboxylic acids is 1. The largest absolute Gasteiger partial charge is 0.497 e. The van der Waals surface area contributed by atoms with E-state index in [1.54, 1.807) is 36.4 Å². The fourth-order valence-electron chi connectivity index (χ4n) is 2.93. The van der Waals surface area contributed by atoms with Gasteiger partial charge in [0.1, 0.15) is 11.5 Å². The maximum absolute atomic E-state index is 13.1. The van der Waals surface area contributed by atoms with Gasteiger partial charge in [-0.25, -0.2) is 13.5 Å².